The fourth-order valence-electron chi connectivity index (χ4n) is 5.23. The van der Waals surface area contributed by atoms with Crippen LogP contribution in [0.2, 0.25) is 0 Å². The predicted molar refractivity (Wildman–Crippen MR) is 163 cm³/mol. The maximum Gasteiger partial charge on any atom is -0.147 e. The van der Waals surface area contributed by atoms with Gasteiger partial charge in [0.1, 0.15) is 0 Å². The summed E-state index contributed by atoms with van der Waals surface area (Å²) in [5.74, 6) is 0.920. The Hall–Kier alpha value is -2.22. The number of nitrogens with zero attached hydrogens (tertiary/aromatic N) is 2. The van der Waals surface area contributed by atoms with E-state index in [1.807, 2.05) is 19.1 Å². The summed E-state index contributed by atoms with van der Waals surface area (Å²) in [4.78, 5) is 5.10. The maximum absolute atomic E-state index is 5.84. The molecule has 1 aliphatic heterocycles. The van der Waals surface area contributed by atoms with Gasteiger partial charge in [-0.15, -0.1) is 24.8 Å². The van der Waals surface area contributed by atoms with Crippen molar-refractivity contribution in [2.24, 2.45) is 0 Å². The van der Waals surface area contributed by atoms with Crippen molar-refractivity contribution >= 4 is 50.9 Å². The van der Waals surface area contributed by atoms with Crippen LogP contribution in [0.25, 0.3) is 6.08 Å². The monoisotopic (exact) mass is 626 g/mol. The van der Waals surface area contributed by atoms with Crippen molar-refractivity contribution in [3.63, 3.8) is 0 Å². The van der Waals surface area contributed by atoms with Crippen LogP contribution < -0.4 is 14.5 Å². The molecule has 37 heavy (non-hydrogen) atoms. The van der Waals surface area contributed by atoms with Crippen molar-refractivity contribution in [1.29, 1.82) is 0 Å². The molecule has 0 N–H and O–H groups in total. The summed E-state index contributed by atoms with van der Waals surface area (Å²) >= 11 is -0.293. The number of para-hydroxylation sites is 1. The topological polar surface area (TPSA) is 15.7 Å². The molecule has 0 aliphatic carbocycles. The molecule has 1 fully saturated rings. The first-order valence-electron chi connectivity index (χ1n) is 12.3. The van der Waals surface area contributed by atoms with Gasteiger partial charge in [-0.25, -0.2) is 0 Å². The molecule has 4 rings (SSSR count). The summed E-state index contributed by atoms with van der Waals surface area (Å²) in [6.45, 7) is 18.0. The molecule has 3 aromatic rings. The molecule has 6 heteroatoms. The Labute approximate surface area is 242 Å². The van der Waals surface area contributed by atoms with E-state index in [2.05, 4.69) is 98.1 Å². The number of aryl methyl sites for hydroxylation is 6. The van der Waals surface area contributed by atoms with Crippen LogP contribution >= 0.6 is 24.8 Å². The Kier molecular flexibility index (Phi) is 11.3. The summed E-state index contributed by atoms with van der Waals surface area (Å²) in [7, 11) is 0. The molecule has 1 aliphatic rings. The summed E-state index contributed by atoms with van der Waals surface area (Å²) in [5.41, 5.74) is 11.8. The van der Waals surface area contributed by atoms with Crippen molar-refractivity contribution in [3.05, 3.63) is 87.5 Å². The average Bonchev–Trinajstić information content (AvgIpc) is 3.16. The molecule has 1 saturated heterocycles. The Bertz CT molecular complexity index is 1260. The molecule has 3 nitrogen and oxygen atoms in total. The van der Waals surface area contributed by atoms with Crippen molar-refractivity contribution in [2.45, 2.75) is 48.5 Å². The predicted octanol–water partition coefficient (Wildman–Crippen LogP) is 7.39. The molecule has 0 bridgehead atoms. The van der Waals surface area contributed by atoms with Crippen LogP contribution in [0, 0.1) is 41.5 Å². The Morgan fingerprint density at radius 3 is 1.70 bits per heavy atom. The average molecular weight is 627 g/mol. The molecule has 0 saturated carbocycles. The third-order valence-corrected chi connectivity index (χ3v) is 8.17. The molecular formula is C31H38Cl2N2ORu. The normalized spacial score (nSPS) is 12.6. The molecule has 0 aromatic heterocycles. The molecule has 0 amide bonds. The smallest absolute Gasteiger partial charge is 0.147 e. The van der Waals surface area contributed by atoms with E-state index >= 15 is 0 Å². The van der Waals surface area contributed by atoms with Crippen molar-refractivity contribution < 1.29 is 21.0 Å². The zero-order valence-electron chi connectivity index (χ0n) is 22.8. The minimum absolute atomic E-state index is 0. The van der Waals surface area contributed by atoms with E-state index < -0.39 is 0 Å². The van der Waals surface area contributed by atoms with Crippen LogP contribution in [-0.4, -0.2) is 28.3 Å². The molecular weight excluding hydrogens is 588 g/mol. The third kappa shape index (κ3) is 6.81. The Morgan fingerprint density at radius 1 is 0.784 bits per heavy atom. The van der Waals surface area contributed by atoms with E-state index in [1.54, 1.807) is 0 Å². The van der Waals surface area contributed by atoms with Crippen molar-refractivity contribution in [2.75, 3.05) is 29.5 Å². The van der Waals surface area contributed by atoms with Gasteiger partial charge in [-0.05, 0) is 0 Å². The van der Waals surface area contributed by atoms with Crippen LogP contribution in [0.1, 0.15) is 45.9 Å². The van der Waals surface area contributed by atoms with E-state index in [0.717, 1.165) is 24.4 Å². The minimum atomic E-state index is -0.293. The van der Waals surface area contributed by atoms with Gasteiger partial charge < -0.3 is 0 Å². The summed E-state index contributed by atoms with van der Waals surface area (Å²) in [6, 6.07) is 17.4. The number of ether oxygens (including phenoxy) is 1. The largest absolute Gasteiger partial charge is 0.147 e. The second-order valence-corrected chi connectivity index (χ2v) is 11.1. The van der Waals surface area contributed by atoms with E-state index in [4.69, 9.17) is 4.74 Å². The van der Waals surface area contributed by atoms with Crippen LogP contribution in [0.3, 0.4) is 0 Å². The van der Waals surface area contributed by atoms with Crippen LogP contribution in [0.4, 0.5) is 11.4 Å². The van der Waals surface area contributed by atoms with E-state index in [-0.39, 0.29) is 41.0 Å². The number of anilines is 2. The summed E-state index contributed by atoms with van der Waals surface area (Å²) in [6.07, 6.45) is 2.12. The zero-order valence-corrected chi connectivity index (χ0v) is 26.2. The summed E-state index contributed by atoms with van der Waals surface area (Å²) in [5, 5.41) is 0. The van der Waals surface area contributed by atoms with Crippen molar-refractivity contribution in [1.82, 2.24) is 0 Å². The molecule has 0 spiro atoms. The quantitative estimate of drug-likeness (QED) is 0.275. The summed E-state index contributed by atoms with van der Waals surface area (Å²) < 4.78 is 10.9. The van der Waals surface area contributed by atoms with Gasteiger partial charge in [0.15, 0.2) is 0 Å². The Balaban J connectivity index is 0.00000241. The van der Waals surface area contributed by atoms with E-state index in [1.165, 1.54) is 49.1 Å². The fraction of sp³-hybridized carbons (Fsp3) is 0.323. The second kappa shape index (κ2) is 13.5. The van der Waals surface area contributed by atoms with Gasteiger partial charge in [0.25, 0.3) is 0 Å². The van der Waals surface area contributed by atoms with Crippen LogP contribution in [0.5, 0.6) is 5.75 Å². The molecule has 3 aromatic carbocycles. The molecule has 0 atom stereocenters. The van der Waals surface area contributed by atoms with Gasteiger partial charge in [-0.1, -0.05) is 0 Å². The first kappa shape index (κ1) is 31.0. The van der Waals surface area contributed by atoms with Crippen LogP contribution in [0.15, 0.2) is 48.5 Å². The molecule has 0 radical (unpaired) electrons. The number of rotatable bonds is 5. The molecule has 0 unspecified atom stereocenters. The van der Waals surface area contributed by atoms with E-state index in [0.29, 0.717) is 6.61 Å². The van der Waals surface area contributed by atoms with Gasteiger partial charge in [0.05, 0.1) is 0 Å². The Morgan fingerprint density at radius 2 is 1.24 bits per heavy atom. The van der Waals surface area contributed by atoms with Gasteiger partial charge in [-0.2, -0.15) is 0 Å². The first-order chi connectivity index (χ1) is 16.8. The van der Waals surface area contributed by atoms with Gasteiger partial charge >= 0.3 is 218 Å². The van der Waals surface area contributed by atoms with Gasteiger partial charge in [0, 0.05) is 0 Å². The molecule has 1 heterocycles. The third-order valence-electron chi connectivity index (χ3n) is 6.35. The van der Waals surface area contributed by atoms with Crippen LogP contribution in [-0.2, 0) is 16.2 Å². The SMILES string of the molecule is CCOc1ccccc1C=[C]=[Ru]=[C]1N(c2c(C)cc(C)cc2C)CCN1c1c(C)cc(C)cc1C.Cl.Cl. The molecule has 200 valence electrons. The number of hydrogen-bond acceptors (Lipinski definition) is 3. The minimum Gasteiger partial charge on any atom is -0.147 e. The van der Waals surface area contributed by atoms with Crippen molar-refractivity contribution in [3.8, 4) is 5.75 Å². The van der Waals surface area contributed by atoms with Gasteiger partial charge in [0.2, 0.25) is 0 Å². The maximum atomic E-state index is 5.84. The second-order valence-electron chi connectivity index (χ2n) is 9.36. The first-order valence-corrected chi connectivity index (χ1v) is 14.0. The number of halogens is 2. The number of hydrogen-bond donors (Lipinski definition) is 0. The zero-order chi connectivity index (χ0) is 25.1. The standard InChI is InChI=1S/C21H26N2.C10H10O.2ClH.Ru/c1-14-9-16(3)20(17(4)10-14)22-7-8-23(13-22)21-18(5)11-15(2)12-19(21)6;1-3-9-7-5-6-8-10(9)11-4-2;;;/h9-12H,7-8H2,1-6H3;3,5-8H,4H2,2H3;2*1H;. The number of benzene rings is 3. The van der Waals surface area contributed by atoms with Gasteiger partial charge in [-0.3, -0.25) is 0 Å². The fourth-order valence-corrected chi connectivity index (χ4v) is 7.10. The van der Waals surface area contributed by atoms with E-state index in [9.17, 15) is 0 Å².